The van der Waals surface area contributed by atoms with Crippen molar-refractivity contribution in [2.24, 2.45) is 7.05 Å². The molecule has 0 aliphatic carbocycles. The molecule has 0 unspecified atom stereocenters. The molecule has 0 fully saturated rings. The molecule has 0 N–H and O–H groups in total. The predicted octanol–water partition coefficient (Wildman–Crippen LogP) is 4.51. The Morgan fingerprint density at radius 2 is 1.75 bits per heavy atom. The SMILES string of the molecule is Cc1nc(C(=O)c2ccc3nn(C)c(Cl)c3c2Cl)c(Cl)nc1Cl.[Mn]. The zero-order valence-corrected chi connectivity index (χ0v) is 16.4. The van der Waals surface area contributed by atoms with Gasteiger partial charge in [0, 0.05) is 29.7 Å². The van der Waals surface area contributed by atoms with Gasteiger partial charge in [0.05, 0.1) is 21.6 Å². The van der Waals surface area contributed by atoms with Crippen LogP contribution in [-0.2, 0) is 24.1 Å². The summed E-state index contributed by atoms with van der Waals surface area (Å²) in [5, 5.41) is 5.29. The van der Waals surface area contributed by atoms with Gasteiger partial charge in [-0.2, -0.15) is 5.10 Å². The van der Waals surface area contributed by atoms with E-state index in [1.54, 1.807) is 26.1 Å². The third-order valence-corrected chi connectivity index (χ3v) is 4.75. The van der Waals surface area contributed by atoms with Gasteiger partial charge in [0.2, 0.25) is 5.78 Å². The average Bonchev–Trinajstić information content (AvgIpc) is 2.78. The van der Waals surface area contributed by atoms with E-state index in [4.69, 9.17) is 46.4 Å². The Kier molecular flexibility index (Phi) is 5.80. The number of ketones is 1. The van der Waals surface area contributed by atoms with E-state index < -0.39 is 5.78 Å². The van der Waals surface area contributed by atoms with Crippen molar-refractivity contribution in [2.75, 3.05) is 0 Å². The van der Waals surface area contributed by atoms with E-state index in [1.807, 2.05) is 0 Å². The van der Waals surface area contributed by atoms with Crippen LogP contribution in [0.1, 0.15) is 21.7 Å². The van der Waals surface area contributed by atoms with Crippen molar-refractivity contribution in [2.45, 2.75) is 6.92 Å². The van der Waals surface area contributed by atoms with E-state index in [2.05, 4.69) is 15.1 Å². The minimum absolute atomic E-state index is 0. The first-order valence-electron chi connectivity index (χ1n) is 6.36. The Morgan fingerprint density at radius 1 is 1.08 bits per heavy atom. The summed E-state index contributed by atoms with van der Waals surface area (Å²) >= 11 is 24.4. The summed E-state index contributed by atoms with van der Waals surface area (Å²) < 4.78 is 1.48. The summed E-state index contributed by atoms with van der Waals surface area (Å²) in [5.41, 5.74) is 1.18. The maximum absolute atomic E-state index is 12.7. The summed E-state index contributed by atoms with van der Waals surface area (Å²) in [6.07, 6.45) is 0. The number of aromatic nitrogens is 4. The second-order valence-electron chi connectivity index (χ2n) is 4.80. The summed E-state index contributed by atoms with van der Waals surface area (Å²) in [7, 11) is 1.69. The van der Waals surface area contributed by atoms with Crippen molar-refractivity contribution < 1.29 is 21.9 Å². The fourth-order valence-electron chi connectivity index (χ4n) is 2.14. The van der Waals surface area contributed by atoms with Crippen molar-refractivity contribution in [3.63, 3.8) is 0 Å². The van der Waals surface area contributed by atoms with Crippen LogP contribution >= 0.6 is 46.4 Å². The number of carbonyl (C=O) groups is 1. The first kappa shape index (κ1) is 19.4. The van der Waals surface area contributed by atoms with Crippen LogP contribution in [-0.4, -0.2) is 25.5 Å². The Labute approximate surface area is 167 Å². The third kappa shape index (κ3) is 3.15. The summed E-state index contributed by atoms with van der Waals surface area (Å²) in [5.74, 6) is -0.464. The van der Waals surface area contributed by atoms with Crippen LogP contribution in [0.2, 0.25) is 20.5 Å². The maximum atomic E-state index is 12.7. The largest absolute Gasteiger partial charge is 0.287 e. The Balaban J connectivity index is 0.00000208. The molecule has 0 bridgehead atoms. The van der Waals surface area contributed by atoms with Crippen LogP contribution in [0.4, 0.5) is 0 Å². The Morgan fingerprint density at radius 3 is 2.42 bits per heavy atom. The van der Waals surface area contributed by atoms with Gasteiger partial charge in [-0.25, -0.2) is 9.97 Å². The minimum atomic E-state index is -0.464. The van der Waals surface area contributed by atoms with Gasteiger partial charge in [0.15, 0.2) is 10.3 Å². The molecule has 1 radical (unpaired) electrons. The van der Waals surface area contributed by atoms with Crippen molar-refractivity contribution in [3.05, 3.63) is 49.6 Å². The Hall–Kier alpha value is -0.881. The first-order valence-corrected chi connectivity index (χ1v) is 7.87. The maximum Gasteiger partial charge on any atom is 0.216 e. The minimum Gasteiger partial charge on any atom is -0.287 e. The second-order valence-corrected chi connectivity index (χ2v) is 6.26. The van der Waals surface area contributed by atoms with Gasteiger partial charge in [-0.3, -0.25) is 9.48 Å². The molecule has 1 aromatic carbocycles. The number of halogens is 4. The number of carbonyl (C=O) groups excluding carboxylic acids is 1. The number of hydrogen-bond acceptors (Lipinski definition) is 4. The number of rotatable bonds is 2. The van der Waals surface area contributed by atoms with E-state index in [0.717, 1.165) is 0 Å². The molecule has 3 aromatic rings. The van der Waals surface area contributed by atoms with Crippen molar-refractivity contribution in [3.8, 4) is 0 Å². The molecular weight excluding hydrogens is 437 g/mol. The fraction of sp³-hybridized carbons (Fsp3) is 0.143. The molecule has 0 amide bonds. The van der Waals surface area contributed by atoms with Crippen LogP contribution in [0.5, 0.6) is 0 Å². The van der Waals surface area contributed by atoms with Gasteiger partial charge in [-0.15, -0.1) is 0 Å². The normalized spacial score (nSPS) is 10.8. The number of fused-ring (bicyclic) bond motifs is 1. The first-order chi connectivity index (χ1) is 10.8. The zero-order chi connectivity index (χ0) is 16.9. The van der Waals surface area contributed by atoms with Crippen molar-refractivity contribution in [1.82, 2.24) is 19.7 Å². The third-order valence-electron chi connectivity index (χ3n) is 3.30. The van der Waals surface area contributed by atoms with Crippen LogP contribution < -0.4 is 0 Å². The van der Waals surface area contributed by atoms with Gasteiger partial charge in [0.25, 0.3) is 0 Å². The molecule has 0 atom stereocenters. The van der Waals surface area contributed by atoms with E-state index in [0.29, 0.717) is 21.7 Å². The second kappa shape index (κ2) is 7.16. The molecule has 125 valence electrons. The smallest absolute Gasteiger partial charge is 0.216 e. The summed E-state index contributed by atoms with van der Waals surface area (Å²) in [4.78, 5) is 20.7. The molecule has 0 aliphatic rings. The average molecular weight is 445 g/mol. The molecule has 0 aliphatic heterocycles. The molecule has 0 saturated carbocycles. The van der Waals surface area contributed by atoms with Crippen LogP contribution in [0, 0.1) is 6.92 Å². The van der Waals surface area contributed by atoms with Crippen molar-refractivity contribution in [1.29, 1.82) is 0 Å². The molecule has 2 heterocycles. The van der Waals surface area contributed by atoms with E-state index >= 15 is 0 Å². The zero-order valence-electron chi connectivity index (χ0n) is 12.2. The predicted molar refractivity (Wildman–Crippen MR) is 91.0 cm³/mol. The molecular formula is C14H8Cl4MnN4O. The van der Waals surface area contributed by atoms with Crippen LogP contribution in [0.15, 0.2) is 12.1 Å². The number of hydrogen-bond donors (Lipinski definition) is 0. The van der Waals surface area contributed by atoms with Crippen LogP contribution in [0.3, 0.4) is 0 Å². The monoisotopic (exact) mass is 443 g/mol. The topological polar surface area (TPSA) is 60.7 Å². The molecule has 5 nitrogen and oxygen atoms in total. The molecule has 24 heavy (non-hydrogen) atoms. The van der Waals surface area contributed by atoms with E-state index in [-0.39, 0.29) is 43.7 Å². The molecule has 0 spiro atoms. The quantitative estimate of drug-likeness (QED) is 0.431. The van der Waals surface area contributed by atoms with E-state index in [1.165, 1.54) is 4.68 Å². The van der Waals surface area contributed by atoms with Crippen molar-refractivity contribution >= 4 is 63.1 Å². The number of nitrogens with zero attached hydrogens (tertiary/aromatic N) is 4. The summed E-state index contributed by atoms with van der Waals surface area (Å²) in [6.45, 7) is 1.63. The Bertz CT molecular complexity index is 973. The van der Waals surface area contributed by atoms with Crippen LogP contribution in [0.25, 0.3) is 10.9 Å². The number of aryl methyl sites for hydroxylation is 2. The van der Waals surface area contributed by atoms with Gasteiger partial charge < -0.3 is 0 Å². The van der Waals surface area contributed by atoms with Gasteiger partial charge in [-0.05, 0) is 19.1 Å². The molecule has 0 saturated heterocycles. The van der Waals surface area contributed by atoms with Gasteiger partial charge in [0.1, 0.15) is 10.8 Å². The van der Waals surface area contributed by atoms with Gasteiger partial charge >= 0.3 is 0 Å². The standard InChI is InChI=1S/C14H8Cl4N4O.Mn/c1-5-12(16)20-13(17)10(19-5)11(23)6-3-4-7-8(9(6)15)14(18)22(2)21-7;/h3-4H,1-2H3;. The molecule has 3 rings (SSSR count). The van der Waals surface area contributed by atoms with E-state index in [9.17, 15) is 4.79 Å². The fourth-order valence-corrected chi connectivity index (χ4v) is 3.14. The molecule has 2 aromatic heterocycles. The summed E-state index contributed by atoms with van der Waals surface area (Å²) in [6, 6.07) is 3.21. The van der Waals surface area contributed by atoms with Gasteiger partial charge in [-0.1, -0.05) is 46.4 Å². The number of benzene rings is 1. The molecule has 10 heteroatoms.